The predicted molar refractivity (Wildman–Crippen MR) is 110 cm³/mol. The van der Waals surface area contributed by atoms with Crippen LogP contribution in [-0.4, -0.2) is 0 Å². The Bertz CT molecular complexity index is 801. The van der Waals surface area contributed by atoms with E-state index >= 15 is 0 Å². The maximum atomic E-state index is 6.54. The molecule has 0 saturated heterocycles. The van der Waals surface area contributed by atoms with E-state index in [0.29, 0.717) is 0 Å². The van der Waals surface area contributed by atoms with Crippen LogP contribution in [0, 0.1) is 0 Å². The van der Waals surface area contributed by atoms with Crippen molar-refractivity contribution in [3.63, 3.8) is 0 Å². The molecule has 134 valence electrons. The standard InChI is InChI=1S/C23H25ClN2/c1-15(25)17-7-11-19(12-8-17)23(21-5-3-4-6-22(21)24)20-13-9-18(10-14-20)16(2)26/h3-16,23H,25-26H2,1-2H3. The van der Waals surface area contributed by atoms with Crippen LogP contribution in [-0.2, 0) is 0 Å². The first-order valence-corrected chi connectivity index (χ1v) is 9.30. The quantitative estimate of drug-likeness (QED) is 0.582. The third kappa shape index (κ3) is 3.99. The molecule has 0 amide bonds. The van der Waals surface area contributed by atoms with Crippen molar-refractivity contribution >= 4 is 11.6 Å². The van der Waals surface area contributed by atoms with E-state index < -0.39 is 0 Å². The summed E-state index contributed by atoms with van der Waals surface area (Å²) in [6, 6.07) is 25.0. The van der Waals surface area contributed by atoms with Crippen LogP contribution in [0.5, 0.6) is 0 Å². The molecule has 3 aromatic carbocycles. The fourth-order valence-corrected chi connectivity index (χ4v) is 3.49. The molecule has 0 saturated carbocycles. The van der Waals surface area contributed by atoms with Crippen LogP contribution in [0.15, 0.2) is 72.8 Å². The molecular formula is C23H25ClN2. The third-order valence-electron chi connectivity index (χ3n) is 4.81. The Hall–Kier alpha value is -2.13. The summed E-state index contributed by atoms with van der Waals surface area (Å²) in [7, 11) is 0. The van der Waals surface area contributed by atoms with Gasteiger partial charge >= 0.3 is 0 Å². The van der Waals surface area contributed by atoms with E-state index in [1.807, 2.05) is 32.0 Å². The molecule has 0 aliphatic rings. The second kappa shape index (κ2) is 8.05. The van der Waals surface area contributed by atoms with Gasteiger partial charge in [-0.1, -0.05) is 78.3 Å². The normalized spacial score (nSPS) is 14.7. The van der Waals surface area contributed by atoms with Gasteiger partial charge in [-0.05, 0) is 47.7 Å². The molecule has 26 heavy (non-hydrogen) atoms. The summed E-state index contributed by atoms with van der Waals surface area (Å²) >= 11 is 6.54. The molecule has 2 unspecified atom stereocenters. The lowest BCUT2D eigenvalue weighted by molar-refractivity contribution is 0.813. The van der Waals surface area contributed by atoms with Gasteiger partial charge in [0.25, 0.3) is 0 Å². The predicted octanol–water partition coefficient (Wildman–Crippen LogP) is 5.56. The first kappa shape index (κ1) is 18.7. The largest absolute Gasteiger partial charge is 0.324 e. The summed E-state index contributed by atoms with van der Waals surface area (Å²) in [5.74, 6) is 0.0629. The summed E-state index contributed by atoms with van der Waals surface area (Å²) in [5.41, 5.74) is 17.7. The van der Waals surface area contributed by atoms with Crippen molar-refractivity contribution in [2.45, 2.75) is 31.8 Å². The number of nitrogens with two attached hydrogens (primary N) is 2. The average Bonchev–Trinajstić information content (AvgIpc) is 2.64. The van der Waals surface area contributed by atoms with E-state index in [-0.39, 0.29) is 18.0 Å². The molecule has 0 aliphatic carbocycles. The van der Waals surface area contributed by atoms with Crippen molar-refractivity contribution in [1.29, 1.82) is 0 Å². The Labute approximate surface area is 160 Å². The van der Waals surface area contributed by atoms with Gasteiger partial charge in [0.2, 0.25) is 0 Å². The molecule has 0 aromatic heterocycles. The van der Waals surface area contributed by atoms with Crippen molar-refractivity contribution in [2.24, 2.45) is 11.5 Å². The zero-order valence-corrected chi connectivity index (χ0v) is 15.9. The fourth-order valence-electron chi connectivity index (χ4n) is 3.24. The van der Waals surface area contributed by atoms with E-state index in [4.69, 9.17) is 23.1 Å². The lowest BCUT2D eigenvalue weighted by Gasteiger charge is -2.21. The molecule has 3 aromatic rings. The third-order valence-corrected chi connectivity index (χ3v) is 5.15. The van der Waals surface area contributed by atoms with Crippen LogP contribution in [0.4, 0.5) is 0 Å². The molecule has 3 heteroatoms. The molecule has 0 spiro atoms. The molecule has 2 nitrogen and oxygen atoms in total. The topological polar surface area (TPSA) is 52.0 Å². The molecule has 0 heterocycles. The van der Waals surface area contributed by atoms with Gasteiger partial charge in [0.15, 0.2) is 0 Å². The van der Waals surface area contributed by atoms with Crippen LogP contribution in [0.3, 0.4) is 0 Å². The Balaban J connectivity index is 2.09. The summed E-state index contributed by atoms with van der Waals surface area (Å²) in [4.78, 5) is 0. The van der Waals surface area contributed by atoms with Crippen molar-refractivity contribution in [3.05, 3.63) is 106 Å². The Morgan fingerprint density at radius 3 is 1.38 bits per heavy atom. The summed E-state index contributed by atoms with van der Waals surface area (Å²) in [5, 5.41) is 0.769. The number of rotatable bonds is 5. The van der Waals surface area contributed by atoms with Crippen molar-refractivity contribution in [3.8, 4) is 0 Å². The van der Waals surface area contributed by atoms with Crippen LogP contribution < -0.4 is 11.5 Å². The van der Waals surface area contributed by atoms with E-state index in [0.717, 1.165) is 21.7 Å². The minimum atomic E-state index is 0.0214. The van der Waals surface area contributed by atoms with Crippen molar-refractivity contribution in [1.82, 2.24) is 0 Å². The molecule has 0 aliphatic heterocycles. The van der Waals surface area contributed by atoms with E-state index in [1.165, 1.54) is 11.1 Å². The van der Waals surface area contributed by atoms with E-state index in [2.05, 4.69) is 54.6 Å². The highest BCUT2D eigenvalue weighted by atomic mass is 35.5. The average molecular weight is 365 g/mol. The lowest BCUT2D eigenvalue weighted by atomic mass is 9.84. The Morgan fingerprint density at radius 1 is 0.615 bits per heavy atom. The van der Waals surface area contributed by atoms with Gasteiger partial charge in [-0.2, -0.15) is 0 Å². The number of halogens is 1. The lowest BCUT2D eigenvalue weighted by Crippen LogP contribution is -2.08. The maximum absolute atomic E-state index is 6.54. The molecule has 3 rings (SSSR count). The SMILES string of the molecule is CC(N)c1ccc(C(c2ccc(C(C)N)cc2)c2ccccc2Cl)cc1. The van der Waals surface area contributed by atoms with E-state index in [1.54, 1.807) is 0 Å². The van der Waals surface area contributed by atoms with Gasteiger partial charge in [0.05, 0.1) is 0 Å². The smallest absolute Gasteiger partial charge is 0.0447 e. The van der Waals surface area contributed by atoms with Gasteiger partial charge < -0.3 is 11.5 Å². The fraction of sp³-hybridized carbons (Fsp3) is 0.217. The van der Waals surface area contributed by atoms with Gasteiger partial charge in [-0.15, -0.1) is 0 Å². The van der Waals surface area contributed by atoms with Crippen LogP contribution >= 0.6 is 11.6 Å². The number of hydrogen-bond acceptors (Lipinski definition) is 2. The molecule has 2 atom stereocenters. The monoisotopic (exact) mass is 364 g/mol. The number of benzene rings is 3. The highest BCUT2D eigenvalue weighted by Gasteiger charge is 2.19. The van der Waals surface area contributed by atoms with Crippen LogP contribution in [0.25, 0.3) is 0 Å². The van der Waals surface area contributed by atoms with Gasteiger partial charge in [0, 0.05) is 23.0 Å². The van der Waals surface area contributed by atoms with Crippen molar-refractivity contribution < 1.29 is 0 Å². The summed E-state index contributed by atoms with van der Waals surface area (Å²) < 4.78 is 0. The first-order chi connectivity index (χ1) is 12.5. The molecular weight excluding hydrogens is 340 g/mol. The van der Waals surface area contributed by atoms with Crippen molar-refractivity contribution in [2.75, 3.05) is 0 Å². The molecule has 0 radical (unpaired) electrons. The first-order valence-electron chi connectivity index (χ1n) is 8.92. The number of hydrogen-bond donors (Lipinski definition) is 2. The zero-order chi connectivity index (χ0) is 18.7. The highest BCUT2D eigenvalue weighted by molar-refractivity contribution is 6.31. The Kier molecular flexibility index (Phi) is 5.77. The maximum Gasteiger partial charge on any atom is 0.0447 e. The molecule has 0 bridgehead atoms. The van der Waals surface area contributed by atoms with Gasteiger partial charge in [-0.3, -0.25) is 0 Å². The summed E-state index contributed by atoms with van der Waals surface area (Å²) in [6.45, 7) is 3.99. The minimum absolute atomic E-state index is 0.0214. The second-order valence-corrected chi connectivity index (χ2v) is 7.27. The highest BCUT2D eigenvalue weighted by Crippen LogP contribution is 2.36. The molecule has 4 N–H and O–H groups in total. The van der Waals surface area contributed by atoms with Gasteiger partial charge in [-0.25, -0.2) is 0 Å². The minimum Gasteiger partial charge on any atom is -0.324 e. The van der Waals surface area contributed by atoms with E-state index in [9.17, 15) is 0 Å². The van der Waals surface area contributed by atoms with Gasteiger partial charge in [0.1, 0.15) is 0 Å². The summed E-state index contributed by atoms with van der Waals surface area (Å²) in [6.07, 6.45) is 0. The molecule has 0 fully saturated rings. The zero-order valence-electron chi connectivity index (χ0n) is 15.2. The van der Waals surface area contributed by atoms with Crippen LogP contribution in [0.1, 0.15) is 59.7 Å². The second-order valence-electron chi connectivity index (χ2n) is 6.87. The van der Waals surface area contributed by atoms with Crippen LogP contribution in [0.2, 0.25) is 5.02 Å². The Morgan fingerprint density at radius 2 is 1.00 bits per heavy atom.